The third-order valence-electron chi connectivity index (χ3n) is 5.04. The molecule has 0 atom stereocenters. The second-order valence-electron chi connectivity index (χ2n) is 7.16. The maximum Gasteiger partial charge on any atom is 0.257 e. The van der Waals surface area contributed by atoms with Gasteiger partial charge >= 0.3 is 0 Å². The molecular formula is C22H24N6O. The predicted octanol–water partition coefficient (Wildman–Crippen LogP) is 3.45. The molecule has 0 saturated carbocycles. The number of pyridine rings is 1. The van der Waals surface area contributed by atoms with E-state index in [2.05, 4.69) is 35.2 Å². The summed E-state index contributed by atoms with van der Waals surface area (Å²) in [4.78, 5) is 14.9. The molecule has 3 heterocycles. The first-order chi connectivity index (χ1) is 14.1. The van der Waals surface area contributed by atoms with Gasteiger partial charge in [-0.05, 0) is 37.1 Å². The zero-order valence-electron chi connectivity index (χ0n) is 16.9. The minimum absolute atomic E-state index is 0.0686. The van der Waals surface area contributed by atoms with Gasteiger partial charge in [0.2, 0.25) is 0 Å². The molecule has 148 valence electrons. The predicted molar refractivity (Wildman–Crippen MR) is 111 cm³/mol. The molecule has 29 heavy (non-hydrogen) atoms. The Kier molecular flexibility index (Phi) is 5.12. The molecule has 7 nitrogen and oxygen atoms in total. The van der Waals surface area contributed by atoms with E-state index >= 15 is 0 Å². The van der Waals surface area contributed by atoms with Crippen LogP contribution in [0.3, 0.4) is 0 Å². The van der Waals surface area contributed by atoms with Crippen molar-refractivity contribution in [1.82, 2.24) is 29.3 Å². The largest absolute Gasteiger partial charge is 0.334 e. The fourth-order valence-electron chi connectivity index (χ4n) is 3.53. The Hall–Kier alpha value is -3.48. The van der Waals surface area contributed by atoms with E-state index in [0.29, 0.717) is 12.1 Å². The van der Waals surface area contributed by atoms with Crippen LogP contribution in [0.4, 0.5) is 0 Å². The second kappa shape index (κ2) is 7.87. The van der Waals surface area contributed by atoms with Gasteiger partial charge in [0.25, 0.3) is 5.91 Å². The molecule has 4 rings (SSSR count). The Bertz CT molecular complexity index is 1160. The van der Waals surface area contributed by atoms with Gasteiger partial charge in [-0.1, -0.05) is 37.6 Å². The van der Waals surface area contributed by atoms with Crippen LogP contribution in [0.1, 0.15) is 40.8 Å². The summed E-state index contributed by atoms with van der Waals surface area (Å²) in [6.45, 7) is 4.53. The Morgan fingerprint density at radius 1 is 1.10 bits per heavy atom. The summed E-state index contributed by atoms with van der Waals surface area (Å²) in [7, 11) is 1.78. The molecular weight excluding hydrogens is 364 g/mol. The van der Waals surface area contributed by atoms with E-state index < -0.39 is 0 Å². The van der Waals surface area contributed by atoms with Crippen molar-refractivity contribution in [3.63, 3.8) is 0 Å². The second-order valence-corrected chi connectivity index (χ2v) is 7.16. The summed E-state index contributed by atoms with van der Waals surface area (Å²) in [5, 5.41) is 12.9. The Labute approximate surface area is 169 Å². The fourth-order valence-corrected chi connectivity index (χ4v) is 3.53. The number of para-hydroxylation sites is 1. The lowest BCUT2D eigenvalue weighted by Crippen LogP contribution is -2.28. The highest BCUT2D eigenvalue weighted by Crippen LogP contribution is 2.21. The SMILES string of the molecule is CCCc1c(C(=O)N(C)Cc2nnc3ccccn23)cnn1-c1ccccc1C. The standard InChI is InChI=1S/C22H24N6O/c1-4-9-19-17(14-23-28(19)18-11-6-5-10-16(18)2)22(29)26(3)15-21-25-24-20-12-7-8-13-27(20)21/h5-8,10-14H,4,9,15H2,1-3H3. The van der Waals surface area contributed by atoms with Gasteiger partial charge in [-0.2, -0.15) is 5.10 Å². The number of carbonyl (C=O) groups is 1. The highest BCUT2D eigenvalue weighted by atomic mass is 16.2. The highest BCUT2D eigenvalue weighted by Gasteiger charge is 2.22. The van der Waals surface area contributed by atoms with E-state index in [9.17, 15) is 4.79 Å². The molecule has 1 amide bonds. The van der Waals surface area contributed by atoms with E-state index in [1.54, 1.807) is 18.1 Å². The number of fused-ring (bicyclic) bond motifs is 1. The van der Waals surface area contributed by atoms with Crippen LogP contribution in [0.5, 0.6) is 0 Å². The number of carbonyl (C=O) groups excluding carboxylic acids is 1. The molecule has 0 aliphatic rings. The monoisotopic (exact) mass is 388 g/mol. The van der Waals surface area contributed by atoms with Crippen LogP contribution in [-0.2, 0) is 13.0 Å². The summed E-state index contributed by atoms with van der Waals surface area (Å²) in [5.41, 5.74) is 4.45. The number of hydrogen-bond donors (Lipinski definition) is 0. The molecule has 0 unspecified atom stereocenters. The first-order valence-corrected chi connectivity index (χ1v) is 9.77. The minimum atomic E-state index is -0.0686. The van der Waals surface area contributed by atoms with Crippen molar-refractivity contribution >= 4 is 11.6 Å². The molecule has 0 aliphatic carbocycles. The average molecular weight is 388 g/mol. The van der Waals surface area contributed by atoms with Crippen molar-refractivity contribution in [2.24, 2.45) is 0 Å². The van der Waals surface area contributed by atoms with Gasteiger partial charge in [0.05, 0.1) is 29.7 Å². The fraction of sp³-hybridized carbons (Fsp3) is 0.273. The molecule has 3 aromatic heterocycles. The number of benzene rings is 1. The van der Waals surface area contributed by atoms with Gasteiger partial charge in [-0.3, -0.25) is 9.20 Å². The number of aromatic nitrogens is 5. The molecule has 0 aliphatic heterocycles. The van der Waals surface area contributed by atoms with Crippen LogP contribution in [0.15, 0.2) is 54.9 Å². The zero-order chi connectivity index (χ0) is 20.4. The number of aryl methyl sites for hydroxylation is 1. The van der Waals surface area contributed by atoms with E-state index in [4.69, 9.17) is 0 Å². The number of hydrogen-bond acceptors (Lipinski definition) is 4. The van der Waals surface area contributed by atoms with Crippen molar-refractivity contribution in [2.45, 2.75) is 33.2 Å². The van der Waals surface area contributed by atoms with Crippen molar-refractivity contribution < 1.29 is 4.79 Å². The van der Waals surface area contributed by atoms with Crippen molar-refractivity contribution in [1.29, 1.82) is 0 Å². The lowest BCUT2D eigenvalue weighted by atomic mass is 10.1. The van der Waals surface area contributed by atoms with Crippen LogP contribution in [0.25, 0.3) is 11.3 Å². The molecule has 0 radical (unpaired) electrons. The summed E-state index contributed by atoms with van der Waals surface area (Å²) in [5.74, 6) is 0.653. The lowest BCUT2D eigenvalue weighted by Gasteiger charge is -2.17. The van der Waals surface area contributed by atoms with E-state index in [1.807, 2.05) is 51.7 Å². The Morgan fingerprint density at radius 2 is 1.90 bits per heavy atom. The number of rotatable bonds is 6. The maximum atomic E-state index is 13.2. The zero-order valence-corrected chi connectivity index (χ0v) is 16.9. The highest BCUT2D eigenvalue weighted by molar-refractivity contribution is 5.95. The van der Waals surface area contributed by atoms with Gasteiger partial charge in [0, 0.05) is 13.2 Å². The maximum absolute atomic E-state index is 13.2. The van der Waals surface area contributed by atoms with Crippen LogP contribution in [0, 0.1) is 6.92 Å². The molecule has 0 fully saturated rings. The number of amides is 1. The number of nitrogens with zero attached hydrogens (tertiary/aromatic N) is 6. The van der Waals surface area contributed by atoms with Crippen molar-refractivity contribution in [3.05, 3.63) is 77.5 Å². The lowest BCUT2D eigenvalue weighted by molar-refractivity contribution is 0.0780. The smallest absolute Gasteiger partial charge is 0.257 e. The average Bonchev–Trinajstić information content (AvgIpc) is 3.33. The first kappa shape index (κ1) is 18.9. The first-order valence-electron chi connectivity index (χ1n) is 9.77. The molecule has 0 saturated heterocycles. The van der Waals surface area contributed by atoms with E-state index in [0.717, 1.165) is 41.3 Å². The Morgan fingerprint density at radius 3 is 2.69 bits per heavy atom. The van der Waals surface area contributed by atoms with Gasteiger partial charge < -0.3 is 4.90 Å². The summed E-state index contributed by atoms with van der Waals surface area (Å²) < 4.78 is 3.79. The van der Waals surface area contributed by atoms with Gasteiger partial charge in [-0.15, -0.1) is 10.2 Å². The minimum Gasteiger partial charge on any atom is -0.334 e. The molecule has 0 N–H and O–H groups in total. The quantitative estimate of drug-likeness (QED) is 0.507. The normalized spacial score (nSPS) is 11.1. The van der Waals surface area contributed by atoms with Gasteiger partial charge in [0.1, 0.15) is 0 Å². The van der Waals surface area contributed by atoms with Crippen LogP contribution in [0.2, 0.25) is 0 Å². The summed E-state index contributed by atoms with van der Waals surface area (Å²) in [6.07, 6.45) is 5.29. The van der Waals surface area contributed by atoms with Crippen LogP contribution >= 0.6 is 0 Å². The summed E-state index contributed by atoms with van der Waals surface area (Å²) in [6, 6.07) is 13.8. The topological polar surface area (TPSA) is 68.3 Å². The van der Waals surface area contributed by atoms with Crippen molar-refractivity contribution in [2.75, 3.05) is 7.05 Å². The van der Waals surface area contributed by atoms with Crippen LogP contribution in [-0.4, -0.2) is 42.2 Å². The van der Waals surface area contributed by atoms with Crippen LogP contribution < -0.4 is 0 Å². The molecule has 4 aromatic rings. The summed E-state index contributed by atoms with van der Waals surface area (Å²) >= 11 is 0. The molecule has 0 bridgehead atoms. The van der Waals surface area contributed by atoms with E-state index in [-0.39, 0.29) is 5.91 Å². The van der Waals surface area contributed by atoms with Gasteiger partial charge in [-0.25, -0.2) is 4.68 Å². The molecule has 1 aromatic carbocycles. The molecule has 7 heteroatoms. The third kappa shape index (κ3) is 3.51. The molecule has 0 spiro atoms. The Balaban J connectivity index is 1.65. The van der Waals surface area contributed by atoms with E-state index in [1.165, 1.54) is 0 Å². The third-order valence-corrected chi connectivity index (χ3v) is 5.04. The van der Waals surface area contributed by atoms with Gasteiger partial charge in [0.15, 0.2) is 11.5 Å². The van der Waals surface area contributed by atoms with Crippen molar-refractivity contribution in [3.8, 4) is 5.69 Å².